The fourth-order valence-electron chi connectivity index (χ4n) is 3.51. The van der Waals surface area contributed by atoms with Crippen LogP contribution in [0.5, 0.6) is 0 Å². The number of nitrogens with one attached hydrogen (secondary N) is 4. The highest BCUT2D eigenvalue weighted by Crippen LogP contribution is 2.14. The summed E-state index contributed by atoms with van der Waals surface area (Å²) < 4.78 is 0. The highest BCUT2D eigenvalue weighted by molar-refractivity contribution is 5.98. The van der Waals surface area contributed by atoms with Gasteiger partial charge in [-0.15, -0.1) is 0 Å². The molecule has 1 aliphatic rings. The minimum atomic E-state index is -1.23. The van der Waals surface area contributed by atoms with Gasteiger partial charge in [-0.1, -0.05) is 40.5 Å². The Morgan fingerprint density at radius 3 is 1.26 bits per heavy atom. The summed E-state index contributed by atoms with van der Waals surface area (Å²) in [6.07, 6.45) is -0.208. The Balaban J connectivity index is 3.41. The van der Waals surface area contributed by atoms with Crippen molar-refractivity contribution in [3.63, 3.8) is 0 Å². The minimum Gasteiger partial charge on any atom is -0.481 e. The first-order chi connectivity index (χ1) is 15.9. The summed E-state index contributed by atoms with van der Waals surface area (Å²) in [7, 11) is 0. The maximum Gasteiger partial charge on any atom is 0.303 e. The van der Waals surface area contributed by atoms with E-state index in [1.165, 1.54) is 0 Å². The number of rotatable bonds is 10. The van der Waals surface area contributed by atoms with Gasteiger partial charge in [-0.25, -0.2) is 0 Å². The smallest absolute Gasteiger partial charge is 0.303 e. The molecular weight excluding hydrogens is 448 g/mol. The number of hydrogen-bond donors (Lipinski definition) is 6. The normalized spacial score (nSPS) is 26.0. The summed E-state index contributed by atoms with van der Waals surface area (Å²) >= 11 is 0. The van der Waals surface area contributed by atoms with Crippen LogP contribution in [0.2, 0.25) is 0 Å². The quantitative estimate of drug-likeness (QED) is 0.245. The van der Waals surface area contributed by atoms with Crippen molar-refractivity contribution in [3.8, 4) is 0 Å². The van der Waals surface area contributed by atoms with Gasteiger partial charge in [0.2, 0.25) is 23.6 Å². The molecule has 1 heterocycles. The van der Waals surface area contributed by atoms with Gasteiger partial charge < -0.3 is 31.5 Å². The molecular formula is C22H36N4O8. The van der Waals surface area contributed by atoms with Crippen molar-refractivity contribution in [1.29, 1.82) is 0 Å². The van der Waals surface area contributed by atoms with E-state index in [1.807, 2.05) is 0 Å². The van der Waals surface area contributed by atoms with E-state index in [9.17, 15) is 28.8 Å². The van der Waals surface area contributed by atoms with Crippen molar-refractivity contribution in [2.24, 2.45) is 11.8 Å². The molecule has 0 aromatic heterocycles. The third-order valence-corrected chi connectivity index (χ3v) is 6.15. The molecule has 192 valence electrons. The molecule has 6 atom stereocenters. The van der Waals surface area contributed by atoms with Crippen LogP contribution in [0.4, 0.5) is 0 Å². The molecule has 0 aromatic rings. The van der Waals surface area contributed by atoms with Crippen molar-refractivity contribution >= 4 is 35.6 Å². The van der Waals surface area contributed by atoms with Gasteiger partial charge in [0, 0.05) is 12.8 Å². The molecule has 34 heavy (non-hydrogen) atoms. The molecule has 0 bridgehead atoms. The molecule has 1 saturated heterocycles. The van der Waals surface area contributed by atoms with Crippen LogP contribution in [0.3, 0.4) is 0 Å². The molecule has 0 aliphatic carbocycles. The molecule has 6 unspecified atom stereocenters. The van der Waals surface area contributed by atoms with Gasteiger partial charge in [-0.2, -0.15) is 0 Å². The lowest BCUT2D eigenvalue weighted by Gasteiger charge is -2.32. The zero-order valence-electron chi connectivity index (χ0n) is 20.1. The third-order valence-electron chi connectivity index (χ3n) is 6.15. The number of carbonyl (C=O) groups excluding carboxylic acids is 4. The lowest BCUT2D eigenvalue weighted by atomic mass is 9.95. The second kappa shape index (κ2) is 13.5. The van der Waals surface area contributed by atoms with E-state index in [0.29, 0.717) is 12.8 Å². The topological polar surface area (TPSA) is 191 Å². The van der Waals surface area contributed by atoms with Crippen LogP contribution >= 0.6 is 0 Å². The Labute approximate surface area is 198 Å². The van der Waals surface area contributed by atoms with Crippen LogP contribution in [-0.4, -0.2) is 69.9 Å². The van der Waals surface area contributed by atoms with Crippen LogP contribution in [0.25, 0.3) is 0 Å². The first kappa shape index (κ1) is 28.9. The summed E-state index contributed by atoms with van der Waals surface area (Å²) in [5.41, 5.74) is 0. The summed E-state index contributed by atoms with van der Waals surface area (Å²) in [4.78, 5) is 74.3. The number of carboxylic acid groups (broad SMARTS) is 2. The van der Waals surface area contributed by atoms with E-state index in [0.717, 1.165) is 0 Å². The van der Waals surface area contributed by atoms with Crippen LogP contribution in [0, 0.1) is 11.8 Å². The van der Waals surface area contributed by atoms with E-state index >= 15 is 0 Å². The SMILES string of the molecule is CCC(C)C1NC(=O)C(CCC(=O)O)NC(=O)C(C(C)CC)NC(=O)C(CCC(=O)O)NC1=O. The van der Waals surface area contributed by atoms with Crippen molar-refractivity contribution in [2.45, 2.75) is 90.4 Å². The van der Waals surface area contributed by atoms with Crippen LogP contribution in [-0.2, 0) is 28.8 Å². The zero-order valence-corrected chi connectivity index (χ0v) is 20.1. The number of aliphatic carboxylic acids is 2. The second-order valence-electron chi connectivity index (χ2n) is 8.73. The van der Waals surface area contributed by atoms with Crippen LogP contribution in [0.15, 0.2) is 0 Å². The van der Waals surface area contributed by atoms with Gasteiger partial charge >= 0.3 is 11.9 Å². The minimum absolute atomic E-state index is 0.204. The van der Waals surface area contributed by atoms with E-state index in [1.54, 1.807) is 27.7 Å². The molecule has 1 rings (SSSR count). The maximum absolute atomic E-state index is 13.1. The fourth-order valence-corrected chi connectivity index (χ4v) is 3.51. The summed E-state index contributed by atoms with van der Waals surface area (Å²) in [6.45, 7) is 7.03. The van der Waals surface area contributed by atoms with Gasteiger partial charge in [0.25, 0.3) is 0 Å². The van der Waals surface area contributed by atoms with Crippen LogP contribution < -0.4 is 21.3 Å². The molecule has 1 fully saturated rings. The summed E-state index contributed by atoms with van der Waals surface area (Å²) in [6, 6.07) is -4.61. The standard InChI is InChI=1S/C22H36N4O8/c1-5-11(3)17-21(33)23-14(8-10-16(29)30)20(32)26-18(12(4)6-2)22(34)24-13(19(31)25-17)7-9-15(27)28/h11-14,17-18H,5-10H2,1-4H3,(H,23,33)(H,24,34)(H,25,31)(H,26,32)(H,27,28)(H,29,30). The molecule has 1 aliphatic heterocycles. The average molecular weight is 485 g/mol. The Hall–Kier alpha value is -3.18. The molecule has 12 nitrogen and oxygen atoms in total. The predicted molar refractivity (Wildman–Crippen MR) is 120 cm³/mol. The molecule has 4 amide bonds. The van der Waals surface area contributed by atoms with Crippen molar-refractivity contribution in [3.05, 3.63) is 0 Å². The van der Waals surface area contributed by atoms with E-state index in [4.69, 9.17) is 10.2 Å². The van der Waals surface area contributed by atoms with Gasteiger partial charge in [-0.05, 0) is 24.7 Å². The van der Waals surface area contributed by atoms with Crippen molar-refractivity contribution in [2.75, 3.05) is 0 Å². The summed E-state index contributed by atoms with van der Waals surface area (Å²) in [5.74, 6) is -5.80. The van der Waals surface area contributed by atoms with Gasteiger partial charge in [0.1, 0.15) is 24.2 Å². The number of carbonyl (C=O) groups is 6. The third kappa shape index (κ3) is 8.64. The molecule has 12 heteroatoms. The molecule has 0 radical (unpaired) electrons. The summed E-state index contributed by atoms with van der Waals surface area (Å²) in [5, 5.41) is 28.3. The Morgan fingerprint density at radius 2 is 1.00 bits per heavy atom. The highest BCUT2D eigenvalue weighted by Gasteiger charge is 2.37. The van der Waals surface area contributed by atoms with Gasteiger partial charge in [-0.3, -0.25) is 28.8 Å². The largest absolute Gasteiger partial charge is 0.481 e. The van der Waals surface area contributed by atoms with Gasteiger partial charge in [0.05, 0.1) is 0 Å². The fraction of sp³-hybridized carbons (Fsp3) is 0.727. The van der Waals surface area contributed by atoms with E-state index in [-0.39, 0.29) is 24.7 Å². The van der Waals surface area contributed by atoms with E-state index < -0.39 is 72.6 Å². The van der Waals surface area contributed by atoms with Crippen LogP contribution in [0.1, 0.15) is 66.2 Å². The van der Waals surface area contributed by atoms with E-state index in [2.05, 4.69) is 21.3 Å². The maximum atomic E-state index is 13.1. The second-order valence-corrected chi connectivity index (χ2v) is 8.73. The Morgan fingerprint density at radius 1 is 0.676 bits per heavy atom. The highest BCUT2D eigenvalue weighted by atomic mass is 16.4. The number of carboxylic acids is 2. The van der Waals surface area contributed by atoms with Crippen molar-refractivity contribution < 1.29 is 39.0 Å². The first-order valence-corrected chi connectivity index (χ1v) is 11.6. The Kier molecular flexibility index (Phi) is 11.5. The molecule has 6 N–H and O–H groups in total. The monoisotopic (exact) mass is 484 g/mol. The lowest BCUT2D eigenvalue weighted by Crippen LogP contribution is -2.63. The number of hydrogen-bond acceptors (Lipinski definition) is 6. The van der Waals surface area contributed by atoms with Crippen molar-refractivity contribution in [1.82, 2.24) is 21.3 Å². The lowest BCUT2D eigenvalue weighted by molar-refractivity contribution is -0.140. The number of amides is 4. The average Bonchev–Trinajstić information content (AvgIpc) is 2.78. The predicted octanol–water partition coefficient (Wildman–Crippen LogP) is -0.239. The Bertz CT molecular complexity index is 723. The zero-order chi connectivity index (χ0) is 26.0. The molecule has 0 aromatic carbocycles. The molecule has 0 saturated carbocycles. The van der Waals surface area contributed by atoms with Gasteiger partial charge in [0.15, 0.2) is 0 Å². The first-order valence-electron chi connectivity index (χ1n) is 11.6. The molecule has 0 spiro atoms.